The fourth-order valence-electron chi connectivity index (χ4n) is 3.92. The van der Waals surface area contributed by atoms with Gasteiger partial charge < -0.3 is 15.2 Å². The second-order valence-corrected chi connectivity index (χ2v) is 6.00. The molecule has 1 spiro atoms. The van der Waals surface area contributed by atoms with E-state index >= 15 is 0 Å². The highest BCUT2D eigenvalue weighted by molar-refractivity contribution is 5.78. The highest BCUT2D eigenvalue weighted by atomic mass is 16.5. The second kappa shape index (κ2) is 4.21. The van der Waals surface area contributed by atoms with Crippen LogP contribution in [0, 0.1) is 11.8 Å². The van der Waals surface area contributed by atoms with Crippen LogP contribution >= 0.6 is 0 Å². The van der Waals surface area contributed by atoms with E-state index in [-0.39, 0.29) is 23.8 Å². The average Bonchev–Trinajstić information content (AvgIpc) is 2.98. The molecule has 2 fully saturated rings. The van der Waals surface area contributed by atoms with Gasteiger partial charge in [-0.25, -0.2) is 4.79 Å². The van der Waals surface area contributed by atoms with Crippen LogP contribution < -0.4 is 5.32 Å². The molecule has 1 aliphatic carbocycles. The lowest BCUT2D eigenvalue weighted by molar-refractivity contribution is 0.00798. The summed E-state index contributed by atoms with van der Waals surface area (Å²) in [6, 6.07) is -0.134. The van der Waals surface area contributed by atoms with Crippen molar-refractivity contribution < 1.29 is 14.6 Å². The number of hydrogen-bond donors (Lipinski definition) is 2. The molecule has 5 nitrogen and oxygen atoms in total. The Kier molecular flexibility index (Phi) is 2.87. The van der Waals surface area contributed by atoms with Gasteiger partial charge in [-0.3, -0.25) is 4.90 Å². The molecule has 2 heterocycles. The Hall–Kier alpha value is -1.07. The van der Waals surface area contributed by atoms with Crippen LogP contribution in [0.4, 0.5) is 4.79 Å². The van der Waals surface area contributed by atoms with Gasteiger partial charge >= 0.3 is 6.03 Å². The normalized spacial score (nSPS) is 48.7. The fraction of sp³-hybridized carbons (Fsp3) is 0.786. The zero-order chi connectivity index (χ0) is 13.8. The molecule has 3 aliphatic rings. The van der Waals surface area contributed by atoms with Gasteiger partial charge in [0.2, 0.25) is 0 Å². The van der Waals surface area contributed by atoms with Crippen molar-refractivity contribution in [3.8, 4) is 0 Å². The van der Waals surface area contributed by atoms with Crippen LogP contribution in [0.3, 0.4) is 0 Å². The lowest BCUT2D eigenvalue weighted by atomic mass is 9.85. The summed E-state index contributed by atoms with van der Waals surface area (Å²) in [6.07, 6.45) is 4.66. The molecule has 2 aliphatic heterocycles. The molecule has 106 valence electrons. The molecule has 19 heavy (non-hydrogen) atoms. The standard InChI is InChI=1S/C14H22N2O3/c1-4-10-8(2)14(19-9(10)3)7-11(14)16-6-5-12(17)15-13(16)18/h5-6,8-12,17H,4,7H2,1-3H3,(H,15,18)/t8-,9-,10+,11?,12?,14?/m1/s1. The predicted octanol–water partition coefficient (Wildman–Crippen LogP) is 1.44. The van der Waals surface area contributed by atoms with Crippen LogP contribution in [0.15, 0.2) is 12.3 Å². The number of carbonyl (C=O) groups excluding carboxylic acids is 1. The number of urea groups is 1. The number of amides is 2. The molecule has 6 atom stereocenters. The number of carbonyl (C=O) groups is 1. The molecular weight excluding hydrogens is 244 g/mol. The lowest BCUT2D eigenvalue weighted by Gasteiger charge is -2.28. The molecule has 0 aromatic rings. The van der Waals surface area contributed by atoms with E-state index in [0.29, 0.717) is 11.8 Å². The number of hydrogen-bond acceptors (Lipinski definition) is 3. The highest BCUT2D eigenvalue weighted by Crippen LogP contribution is 2.58. The number of nitrogens with zero attached hydrogens (tertiary/aromatic N) is 1. The second-order valence-electron chi connectivity index (χ2n) is 6.00. The summed E-state index contributed by atoms with van der Waals surface area (Å²) in [6.45, 7) is 6.56. The maximum absolute atomic E-state index is 11.9. The number of ether oxygens (including phenoxy) is 1. The van der Waals surface area contributed by atoms with E-state index in [4.69, 9.17) is 4.74 Å². The Labute approximate surface area is 113 Å². The van der Waals surface area contributed by atoms with Crippen LogP contribution in [-0.2, 0) is 4.74 Å². The summed E-state index contributed by atoms with van der Waals surface area (Å²) < 4.78 is 6.20. The molecule has 0 aromatic heterocycles. The first-order valence-corrected chi connectivity index (χ1v) is 7.12. The summed E-state index contributed by atoms with van der Waals surface area (Å²) in [5.74, 6) is 1.03. The van der Waals surface area contributed by atoms with Gasteiger partial charge in [-0.1, -0.05) is 20.3 Å². The van der Waals surface area contributed by atoms with Crippen LogP contribution in [0.1, 0.15) is 33.6 Å². The van der Waals surface area contributed by atoms with Crippen LogP contribution in [-0.4, -0.2) is 40.0 Å². The summed E-state index contributed by atoms with van der Waals surface area (Å²) in [4.78, 5) is 13.6. The van der Waals surface area contributed by atoms with E-state index in [1.165, 1.54) is 0 Å². The van der Waals surface area contributed by atoms with Gasteiger partial charge in [0, 0.05) is 12.6 Å². The first-order valence-electron chi connectivity index (χ1n) is 7.12. The Bertz CT molecular complexity index is 425. The topological polar surface area (TPSA) is 61.8 Å². The lowest BCUT2D eigenvalue weighted by Crippen LogP contribution is -2.48. The highest BCUT2D eigenvalue weighted by Gasteiger charge is 2.68. The zero-order valence-corrected chi connectivity index (χ0v) is 11.7. The van der Waals surface area contributed by atoms with Crippen LogP contribution in [0.25, 0.3) is 0 Å². The van der Waals surface area contributed by atoms with Gasteiger partial charge in [-0.2, -0.15) is 0 Å². The van der Waals surface area contributed by atoms with E-state index in [1.807, 2.05) is 0 Å². The molecule has 1 saturated carbocycles. The van der Waals surface area contributed by atoms with Gasteiger partial charge in [0.05, 0.1) is 17.7 Å². The van der Waals surface area contributed by atoms with Crippen molar-refractivity contribution in [1.82, 2.24) is 10.2 Å². The van der Waals surface area contributed by atoms with Gasteiger partial charge in [-0.05, 0) is 24.8 Å². The van der Waals surface area contributed by atoms with E-state index in [2.05, 4.69) is 26.1 Å². The molecule has 0 aromatic carbocycles. The molecule has 3 unspecified atom stereocenters. The SMILES string of the molecule is CC[C@H]1[C@@H](C)C2(CC2N2C=CC(O)NC2=O)O[C@@H]1C. The van der Waals surface area contributed by atoms with Crippen molar-refractivity contribution in [1.29, 1.82) is 0 Å². The number of aliphatic hydroxyl groups excluding tert-OH is 1. The third kappa shape index (κ3) is 1.79. The van der Waals surface area contributed by atoms with Crippen molar-refractivity contribution in [3.63, 3.8) is 0 Å². The van der Waals surface area contributed by atoms with Crippen molar-refractivity contribution in [2.24, 2.45) is 11.8 Å². The van der Waals surface area contributed by atoms with E-state index in [1.54, 1.807) is 17.2 Å². The molecule has 2 N–H and O–H groups in total. The van der Waals surface area contributed by atoms with Crippen molar-refractivity contribution in [2.75, 3.05) is 0 Å². The van der Waals surface area contributed by atoms with Crippen molar-refractivity contribution >= 4 is 6.03 Å². The van der Waals surface area contributed by atoms with Gasteiger partial charge in [0.25, 0.3) is 0 Å². The first-order chi connectivity index (χ1) is 8.99. The van der Waals surface area contributed by atoms with Gasteiger partial charge in [0.1, 0.15) is 6.23 Å². The van der Waals surface area contributed by atoms with Crippen molar-refractivity contribution in [2.45, 2.75) is 57.6 Å². The third-order valence-corrected chi connectivity index (χ3v) is 5.08. The smallest absolute Gasteiger partial charge is 0.324 e. The van der Waals surface area contributed by atoms with E-state index in [0.717, 1.165) is 12.8 Å². The van der Waals surface area contributed by atoms with Gasteiger partial charge in [0.15, 0.2) is 0 Å². The summed E-state index contributed by atoms with van der Waals surface area (Å²) in [7, 11) is 0. The third-order valence-electron chi connectivity index (χ3n) is 5.08. The molecular formula is C14H22N2O3. The number of aliphatic hydroxyl groups is 1. The Morgan fingerprint density at radius 2 is 2.32 bits per heavy atom. The molecule has 5 heteroatoms. The zero-order valence-electron chi connectivity index (χ0n) is 11.7. The molecule has 1 saturated heterocycles. The maximum Gasteiger partial charge on any atom is 0.324 e. The maximum atomic E-state index is 11.9. The molecule has 0 bridgehead atoms. The minimum Gasteiger partial charge on any atom is -0.370 e. The summed E-state index contributed by atoms with van der Waals surface area (Å²) >= 11 is 0. The van der Waals surface area contributed by atoms with Crippen molar-refractivity contribution in [3.05, 3.63) is 12.3 Å². The molecule has 0 radical (unpaired) electrons. The average molecular weight is 266 g/mol. The van der Waals surface area contributed by atoms with Gasteiger partial charge in [-0.15, -0.1) is 0 Å². The first kappa shape index (κ1) is 12.9. The summed E-state index contributed by atoms with van der Waals surface area (Å²) in [5.41, 5.74) is -0.177. The fourth-order valence-corrected chi connectivity index (χ4v) is 3.92. The molecule has 3 rings (SSSR count). The largest absolute Gasteiger partial charge is 0.370 e. The van der Waals surface area contributed by atoms with E-state index in [9.17, 15) is 9.90 Å². The monoisotopic (exact) mass is 266 g/mol. The minimum atomic E-state index is -0.873. The quantitative estimate of drug-likeness (QED) is 0.795. The summed E-state index contributed by atoms with van der Waals surface area (Å²) in [5, 5.41) is 11.9. The van der Waals surface area contributed by atoms with Crippen LogP contribution in [0.5, 0.6) is 0 Å². The van der Waals surface area contributed by atoms with Crippen LogP contribution in [0.2, 0.25) is 0 Å². The predicted molar refractivity (Wildman–Crippen MR) is 70.1 cm³/mol. The Morgan fingerprint density at radius 1 is 1.58 bits per heavy atom. The van der Waals surface area contributed by atoms with E-state index < -0.39 is 6.23 Å². The number of nitrogens with one attached hydrogen (secondary N) is 1. The number of rotatable bonds is 2. The minimum absolute atomic E-state index is 0.102. The Morgan fingerprint density at radius 3 is 2.89 bits per heavy atom. The Balaban J connectivity index is 1.77. The molecule has 2 amide bonds.